The summed E-state index contributed by atoms with van der Waals surface area (Å²) >= 11 is 0. The quantitative estimate of drug-likeness (QED) is 0.850. The predicted molar refractivity (Wildman–Crippen MR) is 81.5 cm³/mol. The van der Waals surface area contributed by atoms with Crippen LogP contribution in [-0.2, 0) is 0 Å². The van der Waals surface area contributed by atoms with Crippen molar-refractivity contribution in [2.45, 2.75) is 44.6 Å². The highest BCUT2D eigenvalue weighted by Gasteiger charge is 2.33. The monoisotopic (exact) mass is 283 g/mol. The number of nitrogens with zero attached hydrogens (tertiary/aromatic N) is 5. The molecule has 1 aliphatic heterocycles. The van der Waals surface area contributed by atoms with E-state index in [4.69, 9.17) is 0 Å². The van der Waals surface area contributed by atoms with E-state index in [0.29, 0.717) is 6.04 Å². The summed E-state index contributed by atoms with van der Waals surface area (Å²) in [6.07, 6.45) is 15.3. The summed E-state index contributed by atoms with van der Waals surface area (Å²) in [5.74, 6) is 2.83. The SMILES string of the molecule is c1cn(-c2cc(N3CCC[C@@H]4CCCC[C@H]43)ncn2)cn1. The first-order valence-corrected chi connectivity index (χ1v) is 7.99. The molecule has 1 saturated heterocycles. The lowest BCUT2D eigenvalue weighted by atomic mass is 9.78. The summed E-state index contributed by atoms with van der Waals surface area (Å²) in [5.41, 5.74) is 0. The van der Waals surface area contributed by atoms with Crippen LogP contribution in [0.15, 0.2) is 31.1 Å². The fourth-order valence-corrected chi connectivity index (χ4v) is 3.94. The topological polar surface area (TPSA) is 46.8 Å². The Morgan fingerprint density at radius 2 is 1.86 bits per heavy atom. The molecule has 0 unspecified atom stereocenters. The van der Waals surface area contributed by atoms with Crippen molar-refractivity contribution < 1.29 is 0 Å². The van der Waals surface area contributed by atoms with E-state index in [1.165, 1.54) is 38.5 Å². The molecule has 1 saturated carbocycles. The van der Waals surface area contributed by atoms with Gasteiger partial charge in [0.05, 0.1) is 0 Å². The van der Waals surface area contributed by atoms with E-state index in [-0.39, 0.29) is 0 Å². The predicted octanol–water partition coefficient (Wildman–Crippen LogP) is 2.82. The average molecular weight is 283 g/mol. The molecule has 2 aliphatic rings. The van der Waals surface area contributed by atoms with Crippen LogP contribution in [0.2, 0.25) is 0 Å². The van der Waals surface area contributed by atoms with Gasteiger partial charge in [0.1, 0.15) is 24.3 Å². The van der Waals surface area contributed by atoms with Gasteiger partial charge in [0.25, 0.3) is 0 Å². The normalized spacial score (nSPS) is 25.6. The molecule has 0 bridgehead atoms. The van der Waals surface area contributed by atoms with Gasteiger partial charge >= 0.3 is 0 Å². The molecule has 3 heterocycles. The van der Waals surface area contributed by atoms with Gasteiger partial charge in [-0.25, -0.2) is 15.0 Å². The van der Waals surface area contributed by atoms with E-state index in [1.54, 1.807) is 18.9 Å². The highest BCUT2D eigenvalue weighted by Crippen LogP contribution is 2.37. The molecule has 4 rings (SSSR count). The van der Waals surface area contributed by atoms with Crippen molar-refractivity contribution in [2.75, 3.05) is 11.4 Å². The van der Waals surface area contributed by atoms with Gasteiger partial charge in [-0.2, -0.15) is 0 Å². The third-order valence-electron chi connectivity index (χ3n) is 4.94. The maximum absolute atomic E-state index is 4.55. The zero-order valence-electron chi connectivity index (χ0n) is 12.2. The summed E-state index contributed by atoms with van der Waals surface area (Å²) in [6.45, 7) is 1.13. The summed E-state index contributed by atoms with van der Waals surface area (Å²) < 4.78 is 1.94. The third-order valence-corrected chi connectivity index (χ3v) is 4.94. The zero-order valence-corrected chi connectivity index (χ0v) is 12.2. The minimum Gasteiger partial charge on any atom is -0.353 e. The van der Waals surface area contributed by atoms with Crippen molar-refractivity contribution in [1.82, 2.24) is 19.5 Å². The molecule has 2 atom stereocenters. The van der Waals surface area contributed by atoms with E-state index in [2.05, 4.69) is 25.9 Å². The molecule has 21 heavy (non-hydrogen) atoms. The van der Waals surface area contributed by atoms with E-state index >= 15 is 0 Å². The summed E-state index contributed by atoms with van der Waals surface area (Å²) in [5, 5.41) is 0. The molecule has 0 aromatic carbocycles. The number of hydrogen-bond acceptors (Lipinski definition) is 4. The lowest BCUT2D eigenvalue weighted by molar-refractivity contribution is 0.242. The maximum atomic E-state index is 4.55. The van der Waals surface area contributed by atoms with Crippen LogP contribution in [0.3, 0.4) is 0 Å². The molecule has 5 nitrogen and oxygen atoms in total. The van der Waals surface area contributed by atoms with Crippen LogP contribution in [0.4, 0.5) is 5.82 Å². The van der Waals surface area contributed by atoms with Crippen molar-refractivity contribution in [3.8, 4) is 5.82 Å². The van der Waals surface area contributed by atoms with Crippen LogP contribution < -0.4 is 4.90 Å². The number of fused-ring (bicyclic) bond motifs is 1. The second-order valence-corrected chi connectivity index (χ2v) is 6.15. The van der Waals surface area contributed by atoms with Crippen molar-refractivity contribution in [3.05, 3.63) is 31.1 Å². The summed E-state index contributed by atoms with van der Waals surface area (Å²) in [6, 6.07) is 2.77. The molecule has 2 aromatic rings. The Morgan fingerprint density at radius 1 is 1.00 bits per heavy atom. The number of anilines is 1. The minimum atomic E-state index is 0.679. The van der Waals surface area contributed by atoms with E-state index in [0.717, 1.165) is 24.1 Å². The molecule has 2 fully saturated rings. The van der Waals surface area contributed by atoms with Crippen LogP contribution in [-0.4, -0.2) is 32.1 Å². The molecular weight excluding hydrogens is 262 g/mol. The van der Waals surface area contributed by atoms with Crippen LogP contribution >= 0.6 is 0 Å². The van der Waals surface area contributed by atoms with Gasteiger partial charge in [-0.3, -0.25) is 4.57 Å². The van der Waals surface area contributed by atoms with Crippen LogP contribution in [0.5, 0.6) is 0 Å². The van der Waals surface area contributed by atoms with E-state index in [9.17, 15) is 0 Å². The summed E-state index contributed by atoms with van der Waals surface area (Å²) in [7, 11) is 0. The van der Waals surface area contributed by atoms with Crippen molar-refractivity contribution in [3.63, 3.8) is 0 Å². The van der Waals surface area contributed by atoms with Crippen LogP contribution in [0.1, 0.15) is 38.5 Å². The second-order valence-electron chi connectivity index (χ2n) is 6.15. The zero-order chi connectivity index (χ0) is 14.1. The molecule has 2 aromatic heterocycles. The smallest absolute Gasteiger partial charge is 0.143 e. The second kappa shape index (κ2) is 5.47. The lowest BCUT2D eigenvalue weighted by Crippen LogP contribution is -2.47. The standard InChI is InChI=1S/C16H21N5/c1-2-6-14-13(4-1)5-3-8-21(14)16-10-15(18-11-19-16)20-9-7-17-12-20/h7,9-14H,1-6,8H2/t13-,14+/m0/s1. The van der Waals surface area contributed by atoms with Crippen molar-refractivity contribution in [2.24, 2.45) is 5.92 Å². The van der Waals surface area contributed by atoms with Gasteiger partial charge in [0.15, 0.2) is 0 Å². The highest BCUT2D eigenvalue weighted by atomic mass is 15.2. The Labute approximate surface area is 125 Å². The molecule has 0 spiro atoms. The first kappa shape index (κ1) is 12.8. The van der Waals surface area contributed by atoms with Gasteiger partial charge in [-0.05, 0) is 31.6 Å². The lowest BCUT2D eigenvalue weighted by Gasteiger charge is -2.44. The molecule has 0 amide bonds. The van der Waals surface area contributed by atoms with E-state index < -0.39 is 0 Å². The number of imidazole rings is 1. The van der Waals surface area contributed by atoms with E-state index in [1.807, 2.05) is 10.8 Å². The average Bonchev–Trinajstić information content (AvgIpc) is 3.09. The van der Waals surface area contributed by atoms with Crippen molar-refractivity contribution >= 4 is 5.82 Å². The first-order chi connectivity index (χ1) is 10.4. The first-order valence-electron chi connectivity index (χ1n) is 7.99. The van der Waals surface area contributed by atoms with Gasteiger partial charge in [-0.1, -0.05) is 12.8 Å². The molecule has 1 aliphatic carbocycles. The minimum absolute atomic E-state index is 0.679. The molecular formula is C16H21N5. The number of hydrogen-bond donors (Lipinski definition) is 0. The maximum Gasteiger partial charge on any atom is 0.143 e. The number of aromatic nitrogens is 4. The van der Waals surface area contributed by atoms with Crippen LogP contribution in [0.25, 0.3) is 5.82 Å². The fraction of sp³-hybridized carbons (Fsp3) is 0.562. The van der Waals surface area contributed by atoms with Gasteiger partial charge < -0.3 is 4.90 Å². The summed E-state index contributed by atoms with van der Waals surface area (Å²) in [4.78, 5) is 15.5. The number of piperidine rings is 1. The fourth-order valence-electron chi connectivity index (χ4n) is 3.94. The molecule has 5 heteroatoms. The van der Waals surface area contributed by atoms with Crippen molar-refractivity contribution in [1.29, 1.82) is 0 Å². The molecule has 110 valence electrons. The molecule has 0 radical (unpaired) electrons. The number of rotatable bonds is 2. The largest absolute Gasteiger partial charge is 0.353 e. The Morgan fingerprint density at radius 3 is 2.76 bits per heavy atom. The Bertz CT molecular complexity index is 592. The Hall–Kier alpha value is -1.91. The molecule has 0 N–H and O–H groups in total. The Balaban J connectivity index is 1.64. The van der Waals surface area contributed by atoms with Gasteiger partial charge in [0, 0.05) is 31.0 Å². The Kier molecular flexibility index (Phi) is 3.33. The van der Waals surface area contributed by atoms with Crippen LogP contribution in [0, 0.1) is 5.92 Å². The van der Waals surface area contributed by atoms with Gasteiger partial charge in [-0.15, -0.1) is 0 Å². The highest BCUT2D eigenvalue weighted by molar-refractivity contribution is 5.45. The third kappa shape index (κ3) is 2.41. The van der Waals surface area contributed by atoms with Gasteiger partial charge in [0.2, 0.25) is 0 Å².